The Labute approximate surface area is 128 Å². The van der Waals surface area contributed by atoms with E-state index in [1.807, 2.05) is 6.07 Å². The second-order valence-electron chi connectivity index (χ2n) is 4.89. The van der Waals surface area contributed by atoms with E-state index >= 15 is 0 Å². The smallest absolute Gasteiger partial charge is 0.338 e. The normalized spacial score (nSPS) is 19.2. The third-order valence-electron chi connectivity index (χ3n) is 3.65. The van der Waals surface area contributed by atoms with Gasteiger partial charge in [-0.05, 0) is 11.6 Å². The highest BCUT2D eigenvalue weighted by molar-refractivity contribution is 6.13. The van der Waals surface area contributed by atoms with E-state index in [0.29, 0.717) is 16.9 Å². The van der Waals surface area contributed by atoms with Crippen LogP contribution in [0.3, 0.4) is 0 Å². The molecule has 1 heterocycles. The standard InChI is InChI=1S/C18H14O4/c1-2-12-21-16(19)18(13-8-4-3-5-9-13)14-10-6-7-11-15(14)22-17(18)20/h2-11H,1,12H2. The first-order valence-corrected chi connectivity index (χ1v) is 6.86. The molecule has 4 heteroatoms. The van der Waals surface area contributed by atoms with Crippen molar-refractivity contribution in [3.8, 4) is 5.75 Å². The third kappa shape index (κ3) is 1.92. The van der Waals surface area contributed by atoms with Gasteiger partial charge in [0.05, 0.1) is 0 Å². The van der Waals surface area contributed by atoms with Crippen molar-refractivity contribution in [1.29, 1.82) is 0 Å². The molecule has 0 bridgehead atoms. The molecule has 22 heavy (non-hydrogen) atoms. The number of hydrogen-bond acceptors (Lipinski definition) is 4. The summed E-state index contributed by atoms with van der Waals surface area (Å²) < 4.78 is 10.5. The van der Waals surface area contributed by atoms with Crippen LogP contribution in [0.15, 0.2) is 67.3 Å². The molecule has 1 atom stereocenters. The van der Waals surface area contributed by atoms with Crippen molar-refractivity contribution < 1.29 is 19.1 Å². The van der Waals surface area contributed by atoms with Crippen molar-refractivity contribution in [1.82, 2.24) is 0 Å². The summed E-state index contributed by atoms with van der Waals surface area (Å²) in [5, 5.41) is 0. The van der Waals surface area contributed by atoms with Gasteiger partial charge >= 0.3 is 11.9 Å². The van der Waals surface area contributed by atoms with Gasteiger partial charge in [-0.1, -0.05) is 61.2 Å². The minimum absolute atomic E-state index is 0.0306. The maximum absolute atomic E-state index is 12.7. The zero-order valence-corrected chi connectivity index (χ0v) is 11.8. The summed E-state index contributed by atoms with van der Waals surface area (Å²) in [4.78, 5) is 25.3. The lowest BCUT2D eigenvalue weighted by Crippen LogP contribution is -2.44. The largest absolute Gasteiger partial charge is 0.460 e. The summed E-state index contributed by atoms with van der Waals surface area (Å²) in [6.45, 7) is 3.56. The molecular weight excluding hydrogens is 280 g/mol. The first-order chi connectivity index (χ1) is 10.7. The van der Waals surface area contributed by atoms with Gasteiger partial charge in [-0.2, -0.15) is 0 Å². The number of carbonyl (C=O) groups excluding carboxylic acids is 2. The lowest BCUT2D eigenvalue weighted by molar-refractivity contribution is -0.155. The zero-order valence-electron chi connectivity index (χ0n) is 11.8. The Morgan fingerprint density at radius 3 is 2.55 bits per heavy atom. The van der Waals surface area contributed by atoms with E-state index in [4.69, 9.17) is 9.47 Å². The van der Waals surface area contributed by atoms with Crippen LogP contribution in [0.2, 0.25) is 0 Å². The molecule has 0 radical (unpaired) electrons. The molecule has 0 aliphatic carbocycles. The highest BCUT2D eigenvalue weighted by Gasteiger charge is 2.57. The van der Waals surface area contributed by atoms with Gasteiger partial charge < -0.3 is 9.47 Å². The minimum atomic E-state index is -1.58. The number of carbonyl (C=O) groups is 2. The maximum Gasteiger partial charge on any atom is 0.338 e. The van der Waals surface area contributed by atoms with Gasteiger partial charge in [0.2, 0.25) is 5.41 Å². The van der Waals surface area contributed by atoms with Crippen molar-refractivity contribution in [3.63, 3.8) is 0 Å². The number of rotatable bonds is 4. The van der Waals surface area contributed by atoms with Gasteiger partial charge in [0.25, 0.3) is 0 Å². The Balaban J connectivity index is 2.23. The lowest BCUT2D eigenvalue weighted by atomic mass is 9.75. The van der Waals surface area contributed by atoms with Gasteiger partial charge in [0.15, 0.2) is 0 Å². The van der Waals surface area contributed by atoms with Gasteiger partial charge in [0.1, 0.15) is 12.4 Å². The topological polar surface area (TPSA) is 52.6 Å². The molecule has 0 saturated heterocycles. The van der Waals surface area contributed by atoms with Gasteiger partial charge in [-0.25, -0.2) is 4.79 Å². The molecule has 0 N–H and O–H groups in total. The molecule has 0 amide bonds. The molecule has 0 saturated carbocycles. The molecule has 0 fully saturated rings. The Hall–Kier alpha value is -2.88. The number of hydrogen-bond donors (Lipinski definition) is 0. The van der Waals surface area contributed by atoms with E-state index in [-0.39, 0.29) is 6.61 Å². The summed E-state index contributed by atoms with van der Waals surface area (Å²) in [7, 11) is 0. The summed E-state index contributed by atoms with van der Waals surface area (Å²) in [6, 6.07) is 15.7. The number of ether oxygens (including phenoxy) is 2. The maximum atomic E-state index is 12.7. The molecule has 0 aromatic heterocycles. The van der Waals surface area contributed by atoms with E-state index in [1.54, 1.807) is 48.5 Å². The van der Waals surface area contributed by atoms with Crippen LogP contribution >= 0.6 is 0 Å². The van der Waals surface area contributed by atoms with Gasteiger partial charge in [-0.3, -0.25) is 4.79 Å². The molecule has 3 rings (SSSR count). The van der Waals surface area contributed by atoms with Crippen LogP contribution in [0.4, 0.5) is 0 Å². The molecule has 110 valence electrons. The molecule has 0 spiro atoms. The van der Waals surface area contributed by atoms with Crippen molar-refractivity contribution in [2.45, 2.75) is 5.41 Å². The predicted molar refractivity (Wildman–Crippen MR) is 80.5 cm³/mol. The van der Waals surface area contributed by atoms with Crippen LogP contribution in [0, 0.1) is 0 Å². The number of fused-ring (bicyclic) bond motifs is 1. The monoisotopic (exact) mass is 294 g/mol. The van der Waals surface area contributed by atoms with Crippen LogP contribution in [0.1, 0.15) is 11.1 Å². The second-order valence-corrected chi connectivity index (χ2v) is 4.89. The van der Waals surface area contributed by atoms with Crippen LogP contribution in [0.5, 0.6) is 5.75 Å². The lowest BCUT2D eigenvalue weighted by Gasteiger charge is -2.24. The van der Waals surface area contributed by atoms with E-state index in [1.165, 1.54) is 6.08 Å². The quantitative estimate of drug-likeness (QED) is 0.376. The molecule has 2 aromatic carbocycles. The average molecular weight is 294 g/mol. The first kappa shape index (κ1) is 14.1. The number of benzene rings is 2. The fourth-order valence-corrected chi connectivity index (χ4v) is 2.67. The molecule has 2 aromatic rings. The average Bonchev–Trinajstić information content (AvgIpc) is 2.86. The van der Waals surface area contributed by atoms with E-state index in [0.717, 1.165) is 0 Å². The SMILES string of the molecule is C=CCOC(=O)C1(c2ccccc2)C(=O)Oc2ccccc21. The number of para-hydroxylation sites is 1. The van der Waals surface area contributed by atoms with Crippen LogP contribution in [-0.2, 0) is 19.7 Å². The van der Waals surface area contributed by atoms with Crippen molar-refractivity contribution in [2.24, 2.45) is 0 Å². The van der Waals surface area contributed by atoms with Gasteiger partial charge in [-0.15, -0.1) is 0 Å². The number of esters is 2. The minimum Gasteiger partial charge on any atom is -0.460 e. The predicted octanol–water partition coefficient (Wildman–Crippen LogP) is 2.62. The van der Waals surface area contributed by atoms with Crippen molar-refractivity contribution >= 4 is 11.9 Å². The molecule has 4 nitrogen and oxygen atoms in total. The zero-order chi connectivity index (χ0) is 15.6. The van der Waals surface area contributed by atoms with Crippen molar-refractivity contribution in [2.75, 3.05) is 6.61 Å². The van der Waals surface area contributed by atoms with Crippen LogP contribution in [0.25, 0.3) is 0 Å². The third-order valence-corrected chi connectivity index (χ3v) is 3.65. The first-order valence-electron chi connectivity index (χ1n) is 6.86. The Morgan fingerprint density at radius 1 is 1.14 bits per heavy atom. The van der Waals surface area contributed by atoms with Crippen LogP contribution < -0.4 is 4.74 Å². The molecular formula is C18H14O4. The van der Waals surface area contributed by atoms with Gasteiger partial charge in [0, 0.05) is 5.56 Å². The fraction of sp³-hybridized carbons (Fsp3) is 0.111. The second kappa shape index (κ2) is 5.48. The fourth-order valence-electron chi connectivity index (χ4n) is 2.67. The molecule has 1 aliphatic heterocycles. The van der Waals surface area contributed by atoms with E-state index in [2.05, 4.69) is 6.58 Å². The summed E-state index contributed by atoms with van der Waals surface area (Å²) in [5.41, 5.74) is -0.555. The highest BCUT2D eigenvalue weighted by Crippen LogP contribution is 2.45. The summed E-state index contributed by atoms with van der Waals surface area (Å²) in [5.74, 6) is -0.922. The van der Waals surface area contributed by atoms with E-state index in [9.17, 15) is 9.59 Å². The Morgan fingerprint density at radius 2 is 1.82 bits per heavy atom. The van der Waals surface area contributed by atoms with Crippen molar-refractivity contribution in [3.05, 3.63) is 78.4 Å². The van der Waals surface area contributed by atoms with Crippen LogP contribution in [-0.4, -0.2) is 18.5 Å². The molecule has 1 aliphatic rings. The highest BCUT2D eigenvalue weighted by atomic mass is 16.6. The Kier molecular flexibility index (Phi) is 3.51. The Bertz CT molecular complexity index is 736. The summed E-state index contributed by atoms with van der Waals surface area (Å²) >= 11 is 0. The van der Waals surface area contributed by atoms with E-state index < -0.39 is 17.4 Å². The summed E-state index contributed by atoms with van der Waals surface area (Å²) in [6.07, 6.45) is 1.46. The molecule has 1 unspecified atom stereocenters.